The molecule has 2 aromatic carbocycles. The average molecular weight is 282 g/mol. The molecule has 0 saturated heterocycles. The van der Waals surface area contributed by atoms with Crippen LogP contribution < -0.4 is 0 Å². The van der Waals surface area contributed by atoms with Gasteiger partial charge in [-0.25, -0.2) is 14.4 Å². The minimum atomic E-state index is -0.607. The SMILES string of the molecule is Cc1nc(-c2ccc(F)c3ccccc23)ncc1[C@@H](C)O. The highest BCUT2D eigenvalue weighted by molar-refractivity contribution is 5.95. The molecule has 4 heteroatoms. The van der Waals surface area contributed by atoms with E-state index in [4.69, 9.17) is 0 Å². The summed E-state index contributed by atoms with van der Waals surface area (Å²) < 4.78 is 13.9. The lowest BCUT2D eigenvalue weighted by atomic mass is 10.0. The Morgan fingerprint density at radius 1 is 1.10 bits per heavy atom. The number of fused-ring (bicyclic) bond motifs is 1. The summed E-state index contributed by atoms with van der Waals surface area (Å²) in [6.45, 7) is 3.51. The van der Waals surface area contributed by atoms with Crippen LogP contribution in [0.4, 0.5) is 4.39 Å². The fourth-order valence-corrected chi connectivity index (χ4v) is 2.47. The molecule has 0 amide bonds. The van der Waals surface area contributed by atoms with E-state index >= 15 is 0 Å². The predicted octanol–water partition coefficient (Wildman–Crippen LogP) is 3.80. The molecule has 1 N–H and O–H groups in total. The lowest BCUT2D eigenvalue weighted by molar-refractivity contribution is 0.197. The van der Waals surface area contributed by atoms with Gasteiger partial charge in [-0.05, 0) is 31.4 Å². The second kappa shape index (κ2) is 5.22. The van der Waals surface area contributed by atoms with Crippen LogP contribution in [0.25, 0.3) is 22.2 Å². The summed E-state index contributed by atoms with van der Waals surface area (Å²) >= 11 is 0. The van der Waals surface area contributed by atoms with Gasteiger partial charge in [-0.2, -0.15) is 0 Å². The fourth-order valence-electron chi connectivity index (χ4n) is 2.47. The molecular formula is C17H15FN2O. The van der Waals surface area contributed by atoms with E-state index in [0.717, 1.165) is 16.6 Å². The third-order valence-electron chi connectivity index (χ3n) is 3.58. The molecule has 0 fully saturated rings. The summed E-state index contributed by atoms with van der Waals surface area (Å²) in [6, 6.07) is 10.4. The maximum absolute atomic E-state index is 13.9. The van der Waals surface area contributed by atoms with Crippen LogP contribution in [0.3, 0.4) is 0 Å². The van der Waals surface area contributed by atoms with Crippen molar-refractivity contribution in [2.75, 3.05) is 0 Å². The maximum atomic E-state index is 13.9. The number of hydrogen-bond donors (Lipinski definition) is 1. The van der Waals surface area contributed by atoms with Gasteiger partial charge in [-0.3, -0.25) is 0 Å². The third kappa shape index (κ3) is 2.38. The largest absolute Gasteiger partial charge is 0.389 e. The average Bonchev–Trinajstić information content (AvgIpc) is 2.47. The summed E-state index contributed by atoms with van der Waals surface area (Å²) in [5, 5.41) is 11.0. The molecule has 0 saturated carbocycles. The van der Waals surface area contributed by atoms with Gasteiger partial charge in [0.05, 0.1) is 6.10 Å². The van der Waals surface area contributed by atoms with Gasteiger partial charge < -0.3 is 5.11 Å². The molecule has 3 aromatic rings. The molecule has 0 aliphatic rings. The van der Waals surface area contributed by atoms with Crippen LogP contribution >= 0.6 is 0 Å². The lowest BCUT2D eigenvalue weighted by Crippen LogP contribution is -2.01. The van der Waals surface area contributed by atoms with E-state index in [0.29, 0.717) is 16.8 Å². The second-order valence-corrected chi connectivity index (χ2v) is 5.05. The molecule has 0 radical (unpaired) electrons. The highest BCUT2D eigenvalue weighted by atomic mass is 19.1. The van der Waals surface area contributed by atoms with Crippen molar-refractivity contribution in [3.63, 3.8) is 0 Å². The number of nitrogens with zero attached hydrogens (tertiary/aromatic N) is 2. The van der Waals surface area contributed by atoms with Gasteiger partial charge in [0.15, 0.2) is 5.82 Å². The Hall–Kier alpha value is -2.33. The summed E-state index contributed by atoms with van der Waals surface area (Å²) in [4.78, 5) is 8.77. The highest BCUT2D eigenvalue weighted by Gasteiger charge is 2.12. The van der Waals surface area contributed by atoms with Crippen LogP contribution in [0.2, 0.25) is 0 Å². The number of aliphatic hydroxyl groups is 1. The summed E-state index contributed by atoms with van der Waals surface area (Å²) in [5.41, 5.74) is 2.21. The summed E-state index contributed by atoms with van der Waals surface area (Å²) in [6.07, 6.45) is 1.02. The topological polar surface area (TPSA) is 46.0 Å². The van der Waals surface area contributed by atoms with Crippen molar-refractivity contribution >= 4 is 10.8 Å². The van der Waals surface area contributed by atoms with Gasteiger partial charge in [0.1, 0.15) is 5.82 Å². The number of rotatable bonds is 2. The van der Waals surface area contributed by atoms with Crippen LogP contribution in [0, 0.1) is 12.7 Å². The van der Waals surface area contributed by atoms with Crippen molar-refractivity contribution in [1.29, 1.82) is 0 Å². The van der Waals surface area contributed by atoms with Crippen molar-refractivity contribution in [1.82, 2.24) is 9.97 Å². The van der Waals surface area contributed by atoms with Crippen LogP contribution in [-0.4, -0.2) is 15.1 Å². The molecule has 1 heterocycles. The number of aliphatic hydroxyl groups excluding tert-OH is 1. The van der Waals surface area contributed by atoms with Gasteiger partial charge >= 0.3 is 0 Å². The van der Waals surface area contributed by atoms with Crippen LogP contribution in [-0.2, 0) is 0 Å². The first-order valence-electron chi connectivity index (χ1n) is 6.77. The van der Waals surface area contributed by atoms with Crippen molar-refractivity contribution in [3.05, 3.63) is 59.7 Å². The predicted molar refractivity (Wildman–Crippen MR) is 80.3 cm³/mol. The van der Waals surface area contributed by atoms with E-state index in [1.54, 1.807) is 31.3 Å². The summed E-state index contributed by atoms with van der Waals surface area (Å²) in [5.74, 6) is 0.278. The van der Waals surface area contributed by atoms with Crippen molar-refractivity contribution < 1.29 is 9.50 Å². The number of halogens is 1. The van der Waals surface area contributed by atoms with E-state index in [9.17, 15) is 9.50 Å². The van der Waals surface area contributed by atoms with E-state index in [2.05, 4.69) is 9.97 Å². The molecule has 106 valence electrons. The Labute approximate surface area is 122 Å². The van der Waals surface area contributed by atoms with Crippen molar-refractivity contribution in [2.24, 2.45) is 0 Å². The molecule has 1 atom stereocenters. The van der Waals surface area contributed by atoms with E-state index in [-0.39, 0.29) is 5.82 Å². The Morgan fingerprint density at radius 2 is 1.81 bits per heavy atom. The number of aryl methyl sites for hydroxylation is 1. The van der Waals surface area contributed by atoms with Crippen LogP contribution in [0.15, 0.2) is 42.6 Å². The Morgan fingerprint density at radius 3 is 2.48 bits per heavy atom. The highest BCUT2D eigenvalue weighted by Crippen LogP contribution is 2.29. The van der Waals surface area contributed by atoms with E-state index in [1.165, 1.54) is 6.07 Å². The molecule has 0 unspecified atom stereocenters. The zero-order valence-corrected chi connectivity index (χ0v) is 11.8. The van der Waals surface area contributed by atoms with Gasteiger partial charge in [0.25, 0.3) is 0 Å². The van der Waals surface area contributed by atoms with Crippen LogP contribution in [0.1, 0.15) is 24.3 Å². The molecule has 0 aliphatic carbocycles. The molecule has 0 bridgehead atoms. The monoisotopic (exact) mass is 282 g/mol. The second-order valence-electron chi connectivity index (χ2n) is 5.05. The van der Waals surface area contributed by atoms with E-state index < -0.39 is 6.10 Å². The first kappa shape index (κ1) is 13.6. The van der Waals surface area contributed by atoms with Gasteiger partial charge in [-0.1, -0.05) is 24.3 Å². The smallest absolute Gasteiger partial charge is 0.160 e. The molecule has 3 nitrogen and oxygen atoms in total. The molecule has 21 heavy (non-hydrogen) atoms. The van der Waals surface area contributed by atoms with E-state index in [1.807, 2.05) is 19.1 Å². The quantitative estimate of drug-likeness (QED) is 0.777. The third-order valence-corrected chi connectivity index (χ3v) is 3.58. The summed E-state index contributed by atoms with van der Waals surface area (Å²) in [7, 11) is 0. The van der Waals surface area contributed by atoms with Crippen LogP contribution in [0.5, 0.6) is 0 Å². The first-order chi connectivity index (χ1) is 10.1. The standard InChI is InChI=1S/C17H15FN2O/c1-10-15(11(2)21)9-19-17(20-10)14-7-8-16(18)13-6-4-3-5-12(13)14/h3-9,11,21H,1-2H3/t11-/m1/s1. The van der Waals surface area contributed by atoms with Gasteiger partial charge in [0.2, 0.25) is 0 Å². The number of benzene rings is 2. The molecule has 0 aliphatic heterocycles. The lowest BCUT2D eigenvalue weighted by Gasteiger charge is -2.11. The fraction of sp³-hybridized carbons (Fsp3) is 0.176. The maximum Gasteiger partial charge on any atom is 0.160 e. The Kier molecular flexibility index (Phi) is 3.39. The normalized spacial score (nSPS) is 12.6. The Balaban J connectivity index is 2.22. The minimum Gasteiger partial charge on any atom is -0.389 e. The molecule has 1 aromatic heterocycles. The van der Waals surface area contributed by atoms with Gasteiger partial charge in [0, 0.05) is 28.4 Å². The number of hydrogen-bond acceptors (Lipinski definition) is 3. The van der Waals surface area contributed by atoms with Crippen molar-refractivity contribution in [3.8, 4) is 11.4 Å². The van der Waals surface area contributed by atoms with Gasteiger partial charge in [-0.15, -0.1) is 0 Å². The zero-order valence-electron chi connectivity index (χ0n) is 11.8. The minimum absolute atomic E-state index is 0.258. The molecule has 0 spiro atoms. The van der Waals surface area contributed by atoms with Crippen molar-refractivity contribution in [2.45, 2.75) is 20.0 Å². The Bertz CT molecular complexity index is 815. The molecular weight excluding hydrogens is 267 g/mol. The zero-order chi connectivity index (χ0) is 15.0. The molecule has 3 rings (SSSR count). The number of aromatic nitrogens is 2. The first-order valence-corrected chi connectivity index (χ1v) is 6.77.